The number of aromatic amines is 1. The van der Waals surface area contributed by atoms with Crippen molar-refractivity contribution < 1.29 is 20.1 Å². The number of aliphatic hydroxyl groups is 3. The molecule has 2 heterocycles. The molecule has 0 bridgehead atoms. The largest absolute Gasteiger partial charge is 0.394 e. The molecule has 3 atom stereocenters. The quantitative estimate of drug-likeness (QED) is 0.457. The number of aryl methyl sites for hydroxylation is 1. The molecular weight excluding hydrogens is 244 g/mol. The highest BCUT2D eigenvalue weighted by Gasteiger charge is 2.45. The lowest BCUT2D eigenvalue weighted by atomic mass is 10.1. The first-order valence-electron chi connectivity index (χ1n) is 5.29. The summed E-state index contributed by atoms with van der Waals surface area (Å²) in [5.74, 6) is 0. The van der Waals surface area contributed by atoms with E-state index < -0.39 is 36.2 Å². The van der Waals surface area contributed by atoms with Crippen LogP contribution in [0.5, 0.6) is 0 Å². The average molecular weight is 257 g/mol. The Morgan fingerprint density at radius 1 is 1.44 bits per heavy atom. The van der Waals surface area contributed by atoms with Crippen LogP contribution in [0.2, 0.25) is 0 Å². The third kappa shape index (κ3) is 1.99. The number of H-pyrrole nitrogens is 1. The molecular formula is C10H13N2O6. The first kappa shape index (κ1) is 13.0. The summed E-state index contributed by atoms with van der Waals surface area (Å²) in [6, 6.07) is 0. The summed E-state index contributed by atoms with van der Waals surface area (Å²) in [6.45, 7) is 0.982. The Labute approximate surface area is 101 Å². The van der Waals surface area contributed by atoms with Crippen LogP contribution in [0.1, 0.15) is 5.56 Å². The molecule has 0 aromatic carbocycles. The molecule has 1 aliphatic rings. The number of ether oxygens (including phenoxy) is 1. The van der Waals surface area contributed by atoms with Gasteiger partial charge in [-0.15, -0.1) is 0 Å². The summed E-state index contributed by atoms with van der Waals surface area (Å²) in [7, 11) is 0. The number of hydrogen-bond acceptors (Lipinski definition) is 6. The summed E-state index contributed by atoms with van der Waals surface area (Å²) in [4.78, 5) is 24.8. The number of aliphatic hydroxyl groups excluding tert-OH is 3. The molecule has 0 aliphatic carbocycles. The van der Waals surface area contributed by atoms with Crippen molar-refractivity contribution in [2.24, 2.45) is 0 Å². The molecule has 18 heavy (non-hydrogen) atoms. The summed E-state index contributed by atoms with van der Waals surface area (Å²) < 4.78 is 6.01. The lowest BCUT2D eigenvalue weighted by molar-refractivity contribution is -0.00687. The van der Waals surface area contributed by atoms with Crippen molar-refractivity contribution in [1.82, 2.24) is 9.55 Å². The first-order valence-corrected chi connectivity index (χ1v) is 5.29. The minimum Gasteiger partial charge on any atom is -0.394 e. The molecule has 0 unspecified atom stereocenters. The van der Waals surface area contributed by atoms with Crippen LogP contribution in [0.3, 0.4) is 0 Å². The van der Waals surface area contributed by atoms with Crippen molar-refractivity contribution in [1.29, 1.82) is 0 Å². The number of nitrogens with zero attached hydrogens (tertiary/aromatic N) is 1. The molecule has 8 nitrogen and oxygen atoms in total. The molecule has 2 rings (SSSR count). The standard InChI is InChI=1S/C10H13N2O6/c1-4-2-12(10(17)11-8(4)16)9-7(15)6(14)5(3-13)18-9/h2,5-7,13-15H,3H2,1H3,(H,11,16,17)/t5-,6-,7-/m1/s1. The molecule has 1 radical (unpaired) electrons. The third-order valence-corrected chi connectivity index (χ3v) is 2.77. The Balaban J connectivity index is 2.42. The van der Waals surface area contributed by atoms with Crippen LogP contribution in [0.25, 0.3) is 0 Å². The Morgan fingerprint density at radius 2 is 2.11 bits per heavy atom. The van der Waals surface area contributed by atoms with Crippen LogP contribution in [0.4, 0.5) is 0 Å². The summed E-state index contributed by atoms with van der Waals surface area (Å²) >= 11 is 0. The SMILES string of the molecule is Cc1cn([C]2O[C@H](CO)[C@@H](O)[C@H]2O)c(=O)[nH]c1=O. The zero-order valence-electron chi connectivity index (χ0n) is 9.53. The van der Waals surface area contributed by atoms with E-state index in [1.54, 1.807) is 0 Å². The molecule has 99 valence electrons. The first-order chi connectivity index (χ1) is 8.45. The fraction of sp³-hybridized carbons (Fsp3) is 0.500. The smallest absolute Gasteiger partial charge is 0.330 e. The molecule has 1 fully saturated rings. The van der Waals surface area contributed by atoms with E-state index in [1.807, 2.05) is 4.98 Å². The number of hydrogen-bond donors (Lipinski definition) is 4. The number of nitrogens with one attached hydrogen (secondary N) is 1. The van der Waals surface area contributed by atoms with Gasteiger partial charge in [0.2, 0.25) is 6.23 Å². The number of rotatable bonds is 2. The van der Waals surface area contributed by atoms with Crippen molar-refractivity contribution in [2.75, 3.05) is 6.61 Å². The van der Waals surface area contributed by atoms with Crippen LogP contribution in [-0.2, 0) is 4.74 Å². The van der Waals surface area contributed by atoms with Gasteiger partial charge in [-0.05, 0) is 6.92 Å². The van der Waals surface area contributed by atoms with Gasteiger partial charge in [0.25, 0.3) is 5.56 Å². The second kappa shape index (κ2) is 4.65. The monoisotopic (exact) mass is 257 g/mol. The van der Waals surface area contributed by atoms with E-state index in [4.69, 9.17) is 9.84 Å². The molecule has 1 aromatic heterocycles. The molecule has 0 saturated carbocycles. The molecule has 0 spiro atoms. The fourth-order valence-corrected chi connectivity index (χ4v) is 1.72. The van der Waals surface area contributed by atoms with Crippen molar-refractivity contribution in [3.05, 3.63) is 38.8 Å². The third-order valence-electron chi connectivity index (χ3n) is 2.77. The maximum Gasteiger partial charge on any atom is 0.330 e. The maximum atomic E-state index is 11.6. The normalized spacial score (nSPS) is 28.8. The Bertz CT molecular complexity index is 550. The molecule has 0 amide bonds. The van der Waals surface area contributed by atoms with E-state index in [1.165, 1.54) is 13.1 Å². The Hall–Kier alpha value is -1.48. The predicted octanol–water partition coefficient (Wildman–Crippen LogP) is -2.70. The van der Waals surface area contributed by atoms with Crippen molar-refractivity contribution >= 4 is 0 Å². The molecule has 8 heteroatoms. The minimum absolute atomic E-state index is 0.217. The van der Waals surface area contributed by atoms with Gasteiger partial charge in [0.05, 0.1) is 6.61 Å². The Kier molecular flexibility index (Phi) is 3.35. The second-order valence-corrected chi connectivity index (χ2v) is 4.05. The molecule has 4 N–H and O–H groups in total. The van der Waals surface area contributed by atoms with Gasteiger partial charge in [0, 0.05) is 11.8 Å². The van der Waals surface area contributed by atoms with Crippen molar-refractivity contribution in [2.45, 2.75) is 25.2 Å². The second-order valence-electron chi connectivity index (χ2n) is 4.05. The van der Waals surface area contributed by atoms with Gasteiger partial charge >= 0.3 is 5.69 Å². The van der Waals surface area contributed by atoms with Crippen LogP contribution in [0.15, 0.2) is 15.8 Å². The Morgan fingerprint density at radius 3 is 2.67 bits per heavy atom. The van der Waals surface area contributed by atoms with Crippen LogP contribution in [-0.4, -0.2) is 49.8 Å². The van der Waals surface area contributed by atoms with E-state index >= 15 is 0 Å². The van der Waals surface area contributed by atoms with Gasteiger partial charge in [0.1, 0.15) is 18.3 Å². The van der Waals surface area contributed by atoms with E-state index in [0.29, 0.717) is 0 Å². The van der Waals surface area contributed by atoms with E-state index in [-0.39, 0.29) is 11.8 Å². The molecule has 1 saturated heterocycles. The zero-order chi connectivity index (χ0) is 13.4. The number of aromatic nitrogens is 2. The van der Waals surface area contributed by atoms with E-state index in [0.717, 1.165) is 4.57 Å². The van der Waals surface area contributed by atoms with Crippen LogP contribution in [0, 0.1) is 13.2 Å². The van der Waals surface area contributed by atoms with Crippen molar-refractivity contribution in [3.8, 4) is 0 Å². The summed E-state index contributed by atoms with van der Waals surface area (Å²) in [5.41, 5.74) is -1.08. The molecule has 1 aliphatic heterocycles. The molecule has 1 aromatic rings. The highest BCUT2D eigenvalue weighted by Crippen LogP contribution is 2.26. The minimum atomic E-state index is -1.44. The van der Waals surface area contributed by atoms with Gasteiger partial charge in [0.15, 0.2) is 0 Å². The van der Waals surface area contributed by atoms with E-state index in [2.05, 4.69) is 0 Å². The van der Waals surface area contributed by atoms with Crippen molar-refractivity contribution in [3.63, 3.8) is 0 Å². The van der Waals surface area contributed by atoms with Gasteiger partial charge in [-0.2, -0.15) is 0 Å². The topological polar surface area (TPSA) is 125 Å². The van der Waals surface area contributed by atoms with Gasteiger partial charge in [-0.1, -0.05) is 0 Å². The van der Waals surface area contributed by atoms with Gasteiger partial charge in [-0.25, -0.2) is 4.79 Å². The van der Waals surface area contributed by atoms with Gasteiger partial charge < -0.3 is 20.1 Å². The lowest BCUT2D eigenvalue weighted by Gasteiger charge is -2.15. The highest BCUT2D eigenvalue weighted by atomic mass is 16.6. The lowest BCUT2D eigenvalue weighted by Crippen LogP contribution is -2.39. The zero-order valence-corrected chi connectivity index (χ0v) is 9.53. The highest BCUT2D eigenvalue weighted by molar-refractivity contribution is 5.10. The van der Waals surface area contributed by atoms with E-state index in [9.17, 15) is 19.8 Å². The predicted molar refractivity (Wildman–Crippen MR) is 58.7 cm³/mol. The summed E-state index contributed by atoms with van der Waals surface area (Å²) in [6.07, 6.45) is -2.79. The van der Waals surface area contributed by atoms with Crippen LogP contribution < -0.4 is 11.2 Å². The average Bonchev–Trinajstić information content (AvgIpc) is 2.61. The maximum absolute atomic E-state index is 11.6. The van der Waals surface area contributed by atoms with Crippen LogP contribution >= 0.6 is 0 Å². The summed E-state index contributed by atoms with van der Waals surface area (Å²) in [5, 5.41) is 28.2. The fourth-order valence-electron chi connectivity index (χ4n) is 1.72. The van der Waals surface area contributed by atoms with Gasteiger partial charge in [-0.3, -0.25) is 14.3 Å².